The van der Waals surface area contributed by atoms with Gasteiger partial charge in [-0.25, -0.2) is 0 Å². The summed E-state index contributed by atoms with van der Waals surface area (Å²) in [7, 11) is 0. The monoisotopic (exact) mass is 240 g/mol. The topological polar surface area (TPSA) is 31.0 Å². The van der Waals surface area contributed by atoms with Crippen LogP contribution < -0.4 is 0 Å². The van der Waals surface area contributed by atoms with Crippen molar-refractivity contribution in [1.82, 2.24) is 0 Å². The second-order valence-electron chi connectivity index (χ2n) is 5.05. The lowest BCUT2D eigenvalue weighted by Gasteiger charge is -2.30. The predicted molar refractivity (Wildman–Crippen MR) is 66.8 cm³/mol. The molecule has 1 saturated carbocycles. The average molecular weight is 240 g/mol. The van der Waals surface area contributed by atoms with Gasteiger partial charge in [-0.2, -0.15) is 0 Å². The maximum absolute atomic E-state index is 6.01. The van der Waals surface area contributed by atoms with E-state index in [9.17, 15) is 0 Å². The summed E-state index contributed by atoms with van der Waals surface area (Å²) in [5, 5.41) is 0. The number of rotatable bonds is 8. The van der Waals surface area contributed by atoms with Crippen molar-refractivity contribution in [2.24, 2.45) is 5.92 Å². The van der Waals surface area contributed by atoms with Gasteiger partial charge in [0.15, 0.2) is 0 Å². The molecular weight excluding hydrogens is 216 g/mol. The zero-order valence-corrected chi connectivity index (χ0v) is 10.6. The van der Waals surface area contributed by atoms with Crippen LogP contribution in [0.3, 0.4) is 0 Å². The number of hydrogen-bond donors (Lipinski definition) is 0. The highest BCUT2D eigenvalue weighted by molar-refractivity contribution is 4.77. The van der Waals surface area contributed by atoms with Crippen molar-refractivity contribution in [3.63, 3.8) is 0 Å². The lowest BCUT2D eigenvalue weighted by Crippen LogP contribution is -2.28. The highest BCUT2D eigenvalue weighted by atomic mass is 16.6. The molecule has 17 heavy (non-hydrogen) atoms. The van der Waals surface area contributed by atoms with Gasteiger partial charge in [-0.05, 0) is 18.8 Å². The number of ether oxygens (including phenoxy) is 3. The van der Waals surface area contributed by atoms with Crippen LogP contribution in [0.15, 0.2) is 12.8 Å². The molecule has 2 fully saturated rings. The van der Waals surface area contributed by atoms with E-state index in [1.165, 1.54) is 38.4 Å². The van der Waals surface area contributed by atoms with Crippen molar-refractivity contribution >= 4 is 0 Å². The van der Waals surface area contributed by atoms with Crippen molar-refractivity contribution in [3.8, 4) is 0 Å². The molecule has 0 N–H and O–H groups in total. The lowest BCUT2D eigenvalue weighted by atomic mass is 9.84. The van der Waals surface area contributed by atoms with Gasteiger partial charge in [0.1, 0.15) is 6.10 Å². The molecular formula is C14H24O3. The third-order valence-electron chi connectivity index (χ3n) is 3.71. The van der Waals surface area contributed by atoms with Crippen LogP contribution in [-0.4, -0.2) is 32.0 Å². The molecule has 2 aliphatic rings. The molecule has 1 heterocycles. The Morgan fingerprint density at radius 2 is 2.06 bits per heavy atom. The van der Waals surface area contributed by atoms with Gasteiger partial charge in [0.2, 0.25) is 0 Å². The minimum Gasteiger partial charge on any atom is -0.502 e. The molecule has 2 unspecified atom stereocenters. The molecule has 0 aromatic heterocycles. The van der Waals surface area contributed by atoms with Crippen LogP contribution in [0.5, 0.6) is 0 Å². The highest BCUT2D eigenvalue weighted by Crippen LogP contribution is 2.30. The molecule has 3 nitrogen and oxygen atoms in total. The van der Waals surface area contributed by atoms with E-state index in [4.69, 9.17) is 14.2 Å². The lowest BCUT2D eigenvalue weighted by molar-refractivity contribution is -0.0204. The SMILES string of the molecule is C=COCCC(OCC1CO1)C1CCCCC1. The molecule has 0 amide bonds. The molecule has 1 aliphatic carbocycles. The molecule has 0 aromatic carbocycles. The molecule has 1 saturated heterocycles. The Balaban J connectivity index is 1.73. The Kier molecular flexibility index (Phi) is 5.33. The summed E-state index contributed by atoms with van der Waals surface area (Å²) in [6, 6.07) is 0. The zero-order chi connectivity index (χ0) is 11.9. The van der Waals surface area contributed by atoms with E-state index in [-0.39, 0.29) is 0 Å². The zero-order valence-electron chi connectivity index (χ0n) is 10.6. The Labute approximate surface area is 104 Å². The van der Waals surface area contributed by atoms with Gasteiger partial charge >= 0.3 is 0 Å². The van der Waals surface area contributed by atoms with E-state index >= 15 is 0 Å². The van der Waals surface area contributed by atoms with Gasteiger partial charge in [0.05, 0.1) is 32.2 Å². The number of hydrogen-bond acceptors (Lipinski definition) is 3. The smallest absolute Gasteiger partial charge is 0.104 e. The van der Waals surface area contributed by atoms with Gasteiger partial charge in [0.25, 0.3) is 0 Å². The standard InChI is InChI=1S/C14H24O3/c1-2-15-9-8-14(17-11-13-10-16-13)12-6-4-3-5-7-12/h2,12-14H,1,3-11H2. The van der Waals surface area contributed by atoms with Crippen LogP contribution in [0.4, 0.5) is 0 Å². The van der Waals surface area contributed by atoms with Crippen molar-refractivity contribution in [3.05, 3.63) is 12.8 Å². The van der Waals surface area contributed by atoms with E-state index in [0.29, 0.717) is 12.2 Å². The van der Waals surface area contributed by atoms with Crippen LogP contribution in [-0.2, 0) is 14.2 Å². The fourth-order valence-electron chi connectivity index (χ4n) is 2.62. The predicted octanol–water partition coefficient (Wildman–Crippen LogP) is 2.90. The van der Waals surface area contributed by atoms with Crippen LogP contribution in [0, 0.1) is 5.92 Å². The second kappa shape index (κ2) is 7.02. The molecule has 2 atom stereocenters. The Bertz CT molecular complexity index is 220. The van der Waals surface area contributed by atoms with Crippen LogP contribution >= 0.6 is 0 Å². The Morgan fingerprint density at radius 3 is 2.71 bits per heavy atom. The minimum atomic E-state index is 0.347. The summed E-state index contributed by atoms with van der Waals surface area (Å²) in [4.78, 5) is 0. The molecule has 2 rings (SSSR count). The van der Waals surface area contributed by atoms with E-state index < -0.39 is 0 Å². The van der Waals surface area contributed by atoms with Crippen molar-refractivity contribution < 1.29 is 14.2 Å². The van der Waals surface area contributed by atoms with Crippen LogP contribution in [0.25, 0.3) is 0 Å². The van der Waals surface area contributed by atoms with Gasteiger partial charge < -0.3 is 14.2 Å². The van der Waals surface area contributed by atoms with Crippen molar-refractivity contribution in [2.75, 3.05) is 19.8 Å². The summed E-state index contributed by atoms with van der Waals surface area (Å²) < 4.78 is 16.4. The molecule has 3 heteroatoms. The van der Waals surface area contributed by atoms with Crippen molar-refractivity contribution in [1.29, 1.82) is 0 Å². The van der Waals surface area contributed by atoms with Gasteiger partial charge in [-0.3, -0.25) is 0 Å². The fourth-order valence-corrected chi connectivity index (χ4v) is 2.62. The Morgan fingerprint density at radius 1 is 1.29 bits per heavy atom. The highest BCUT2D eigenvalue weighted by Gasteiger charge is 2.28. The van der Waals surface area contributed by atoms with E-state index in [2.05, 4.69) is 6.58 Å². The maximum atomic E-state index is 6.01. The molecule has 0 bridgehead atoms. The first kappa shape index (κ1) is 12.9. The summed E-state index contributed by atoms with van der Waals surface area (Å²) in [5.41, 5.74) is 0. The van der Waals surface area contributed by atoms with Crippen LogP contribution in [0.1, 0.15) is 38.5 Å². The second-order valence-corrected chi connectivity index (χ2v) is 5.05. The summed E-state index contributed by atoms with van der Waals surface area (Å²) in [6.45, 7) is 5.92. The maximum Gasteiger partial charge on any atom is 0.104 e. The fraction of sp³-hybridized carbons (Fsp3) is 0.857. The quantitative estimate of drug-likeness (QED) is 0.371. The van der Waals surface area contributed by atoms with E-state index in [1.807, 2.05) is 0 Å². The van der Waals surface area contributed by atoms with Gasteiger partial charge in [-0.15, -0.1) is 0 Å². The molecule has 0 spiro atoms. The molecule has 0 radical (unpaired) electrons. The number of epoxide rings is 1. The average Bonchev–Trinajstić information content (AvgIpc) is 3.19. The van der Waals surface area contributed by atoms with E-state index in [1.54, 1.807) is 0 Å². The Hall–Kier alpha value is -0.540. The van der Waals surface area contributed by atoms with Crippen LogP contribution in [0.2, 0.25) is 0 Å². The van der Waals surface area contributed by atoms with Gasteiger partial charge in [-0.1, -0.05) is 25.8 Å². The summed E-state index contributed by atoms with van der Waals surface area (Å²) in [6.07, 6.45) is 9.92. The summed E-state index contributed by atoms with van der Waals surface area (Å²) >= 11 is 0. The minimum absolute atomic E-state index is 0.347. The normalized spacial score (nSPS) is 26.5. The largest absolute Gasteiger partial charge is 0.502 e. The first-order valence-corrected chi connectivity index (χ1v) is 6.86. The first-order valence-electron chi connectivity index (χ1n) is 6.86. The third kappa shape index (κ3) is 4.68. The van der Waals surface area contributed by atoms with Gasteiger partial charge in [0, 0.05) is 6.42 Å². The first-order chi connectivity index (χ1) is 8.40. The van der Waals surface area contributed by atoms with Crippen molar-refractivity contribution in [2.45, 2.75) is 50.7 Å². The molecule has 98 valence electrons. The summed E-state index contributed by atoms with van der Waals surface area (Å²) in [5.74, 6) is 0.718. The van der Waals surface area contributed by atoms with E-state index in [0.717, 1.165) is 32.2 Å². The third-order valence-corrected chi connectivity index (χ3v) is 3.71. The molecule has 0 aromatic rings. The molecule has 1 aliphatic heterocycles.